The number of ether oxygens (including phenoxy) is 1. The summed E-state index contributed by atoms with van der Waals surface area (Å²) in [6, 6.07) is 1.77. The lowest BCUT2D eigenvalue weighted by Gasteiger charge is -2.02. The van der Waals surface area contributed by atoms with E-state index < -0.39 is 0 Å². The smallest absolute Gasteiger partial charge is 0.139 e. The van der Waals surface area contributed by atoms with Crippen molar-refractivity contribution in [1.82, 2.24) is 4.98 Å². The van der Waals surface area contributed by atoms with Crippen molar-refractivity contribution in [2.24, 2.45) is 0 Å². The van der Waals surface area contributed by atoms with Crippen LogP contribution < -0.4 is 10.5 Å². The van der Waals surface area contributed by atoms with Crippen LogP contribution in [-0.2, 0) is 0 Å². The lowest BCUT2D eigenvalue weighted by Crippen LogP contribution is -1.96. The van der Waals surface area contributed by atoms with Gasteiger partial charge in [0.15, 0.2) is 0 Å². The van der Waals surface area contributed by atoms with Gasteiger partial charge in [0.05, 0.1) is 24.7 Å². The predicted octanol–water partition coefficient (Wildman–Crippen LogP) is 1.45. The van der Waals surface area contributed by atoms with E-state index in [1.54, 1.807) is 18.5 Å². The zero-order valence-corrected chi connectivity index (χ0v) is 6.58. The monoisotopic (exact) mass is 152 g/mol. The summed E-state index contributed by atoms with van der Waals surface area (Å²) in [4.78, 5) is 3.89. The van der Waals surface area contributed by atoms with E-state index in [2.05, 4.69) is 11.9 Å². The molecular weight excluding hydrogens is 140 g/mol. The van der Waals surface area contributed by atoms with Crippen molar-refractivity contribution in [3.63, 3.8) is 0 Å². The second-order valence-corrected chi connectivity index (χ2v) is 2.30. The quantitative estimate of drug-likeness (QED) is 0.713. The lowest BCUT2D eigenvalue weighted by molar-refractivity contribution is 0.316. The highest BCUT2D eigenvalue weighted by Crippen LogP contribution is 2.11. The van der Waals surface area contributed by atoms with E-state index in [0.717, 1.165) is 12.2 Å². The Kier molecular flexibility index (Phi) is 2.72. The van der Waals surface area contributed by atoms with Crippen LogP contribution in [0.5, 0.6) is 5.75 Å². The van der Waals surface area contributed by atoms with Gasteiger partial charge in [0.25, 0.3) is 0 Å². The minimum Gasteiger partial charge on any atom is -0.492 e. The lowest BCUT2D eigenvalue weighted by atomic mass is 10.4. The minimum absolute atomic E-state index is 0.638. The van der Waals surface area contributed by atoms with E-state index in [0.29, 0.717) is 12.3 Å². The average Bonchev–Trinajstić information content (AvgIpc) is 2.01. The molecule has 2 N–H and O–H groups in total. The average molecular weight is 152 g/mol. The molecule has 0 amide bonds. The SMILES string of the molecule is CCCOc1cncc(N)c1. The van der Waals surface area contributed by atoms with Gasteiger partial charge in [0.2, 0.25) is 0 Å². The molecule has 60 valence electrons. The Morgan fingerprint density at radius 1 is 1.55 bits per heavy atom. The topological polar surface area (TPSA) is 48.1 Å². The molecule has 1 rings (SSSR count). The molecule has 11 heavy (non-hydrogen) atoms. The Labute approximate surface area is 66.2 Å². The van der Waals surface area contributed by atoms with Crippen LogP contribution in [0.4, 0.5) is 5.69 Å². The first-order valence-electron chi connectivity index (χ1n) is 3.66. The summed E-state index contributed by atoms with van der Waals surface area (Å²) in [5.74, 6) is 0.742. The molecular formula is C8H12N2O. The van der Waals surface area contributed by atoms with Crippen LogP contribution in [0.25, 0.3) is 0 Å². The second kappa shape index (κ2) is 3.81. The maximum Gasteiger partial charge on any atom is 0.139 e. The van der Waals surface area contributed by atoms with E-state index in [1.807, 2.05) is 0 Å². The number of hydrogen-bond acceptors (Lipinski definition) is 3. The largest absolute Gasteiger partial charge is 0.492 e. The molecule has 0 atom stereocenters. The van der Waals surface area contributed by atoms with Gasteiger partial charge >= 0.3 is 0 Å². The highest BCUT2D eigenvalue weighted by molar-refractivity contribution is 5.39. The van der Waals surface area contributed by atoms with Gasteiger partial charge in [-0.05, 0) is 6.42 Å². The molecule has 0 aliphatic carbocycles. The van der Waals surface area contributed by atoms with Crippen molar-refractivity contribution in [3.05, 3.63) is 18.5 Å². The Hall–Kier alpha value is -1.25. The fraction of sp³-hybridized carbons (Fsp3) is 0.375. The predicted molar refractivity (Wildman–Crippen MR) is 44.4 cm³/mol. The van der Waals surface area contributed by atoms with Crippen LogP contribution in [0.1, 0.15) is 13.3 Å². The van der Waals surface area contributed by atoms with Gasteiger partial charge in [-0.25, -0.2) is 0 Å². The molecule has 3 heteroatoms. The Balaban J connectivity index is 2.56. The van der Waals surface area contributed by atoms with Crippen molar-refractivity contribution < 1.29 is 4.74 Å². The van der Waals surface area contributed by atoms with Crippen molar-refractivity contribution >= 4 is 5.69 Å². The summed E-state index contributed by atoms with van der Waals surface area (Å²) in [6.07, 6.45) is 4.25. The third kappa shape index (κ3) is 2.45. The Morgan fingerprint density at radius 3 is 3.00 bits per heavy atom. The Bertz CT molecular complexity index is 225. The first-order chi connectivity index (χ1) is 5.33. The van der Waals surface area contributed by atoms with Crippen molar-refractivity contribution in [1.29, 1.82) is 0 Å². The van der Waals surface area contributed by atoms with Crippen molar-refractivity contribution in [2.75, 3.05) is 12.3 Å². The normalized spacial score (nSPS) is 9.55. The molecule has 0 aliphatic heterocycles. The first-order valence-corrected chi connectivity index (χ1v) is 3.66. The summed E-state index contributed by atoms with van der Waals surface area (Å²) < 4.78 is 5.29. The standard InChI is InChI=1S/C8H12N2O/c1-2-3-11-8-4-7(9)5-10-6-8/h4-6H,2-3,9H2,1H3. The number of anilines is 1. The number of nitrogens with zero attached hydrogens (tertiary/aromatic N) is 1. The molecule has 0 saturated heterocycles. The zero-order valence-electron chi connectivity index (χ0n) is 6.58. The molecule has 0 bridgehead atoms. The highest BCUT2D eigenvalue weighted by Gasteiger charge is 1.92. The molecule has 1 heterocycles. The molecule has 3 nitrogen and oxygen atoms in total. The van der Waals surface area contributed by atoms with Gasteiger partial charge in [-0.3, -0.25) is 4.98 Å². The van der Waals surface area contributed by atoms with Crippen LogP contribution in [0.3, 0.4) is 0 Å². The van der Waals surface area contributed by atoms with E-state index in [1.165, 1.54) is 0 Å². The van der Waals surface area contributed by atoms with E-state index in [9.17, 15) is 0 Å². The van der Waals surface area contributed by atoms with Gasteiger partial charge in [-0.1, -0.05) is 6.92 Å². The molecule has 0 spiro atoms. The van der Waals surface area contributed by atoms with Crippen LogP contribution in [0, 0.1) is 0 Å². The summed E-state index contributed by atoms with van der Waals surface area (Å²) in [6.45, 7) is 2.77. The molecule has 1 aromatic heterocycles. The summed E-state index contributed by atoms with van der Waals surface area (Å²) in [7, 11) is 0. The molecule has 0 saturated carbocycles. The summed E-state index contributed by atoms with van der Waals surface area (Å²) in [5, 5.41) is 0. The third-order valence-electron chi connectivity index (χ3n) is 1.21. The molecule has 1 aromatic rings. The summed E-state index contributed by atoms with van der Waals surface area (Å²) >= 11 is 0. The molecule has 0 aliphatic rings. The van der Waals surface area contributed by atoms with Gasteiger partial charge < -0.3 is 10.5 Å². The Morgan fingerprint density at radius 2 is 2.36 bits per heavy atom. The molecule has 0 fully saturated rings. The number of pyridine rings is 1. The van der Waals surface area contributed by atoms with Crippen LogP contribution in [0.2, 0.25) is 0 Å². The minimum atomic E-state index is 0.638. The first kappa shape index (κ1) is 7.85. The summed E-state index contributed by atoms with van der Waals surface area (Å²) in [5.41, 5.74) is 6.13. The van der Waals surface area contributed by atoms with Crippen LogP contribution in [-0.4, -0.2) is 11.6 Å². The maximum atomic E-state index is 5.49. The number of aromatic nitrogens is 1. The van der Waals surface area contributed by atoms with Crippen molar-refractivity contribution in [2.45, 2.75) is 13.3 Å². The van der Waals surface area contributed by atoms with E-state index >= 15 is 0 Å². The highest BCUT2D eigenvalue weighted by atomic mass is 16.5. The molecule has 0 radical (unpaired) electrons. The number of nitrogen functional groups attached to an aromatic ring is 1. The van der Waals surface area contributed by atoms with E-state index in [-0.39, 0.29) is 0 Å². The van der Waals surface area contributed by atoms with Gasteiger partial charge in [-0.15, -0.1) is 0 Å². The van der Waals surface area contributed by atoms with E-state index in [4.69, 9.17) is 10.5 Å². The number of nitrogens with two attached hydrogens (primary N) is 1. The van der Waals surface area contributed by atoms with Crippen LogP contribution in [0.15, 0.2) is 18.5 Å². The van der Waals surface area contributed by atoms with Gasteiger partial charge in [0, 0.05) is 6.07 Å². The fourth-order valence-electron chi connectivity index (χ4n) is 0.734. The van der Waals surface area contributed by atoms with Crippen LogP contribution >= 0.6 is 0 Å². The van der Waals surface area contributed by atoms with Crippen molar-refractivity contribution in [3.8, 4) is 5.75 Å². The third-order valence-corrected chi connectivity index (χ3v) is 1.21. The zero-order chi connectivity index (χ0) is 8.10. The number of hydrogen-bond donors (Lipinski definition) is 1. The van der Waals surface area contributed by atoms with Gasteiger partial charge in [-0.2, -0.15) is 0 Å². The van der Waals surface area contributed by atoms with Gasteiger partial charge in [0.1, 0.15) is 5.75 Å². The molecule has 0 unspecified atom stereocenters. The fourth-order valence-corrected chi connectivity index (χ4v) is 0.734. The number of rotatable bonds is 3. The molecule has 0 aromatic carbocycles. The second-order valence-electron chi connectivity index (χ2n) is 2.30. The maximum absolute atomic E-state index is 5.49.